The molecule has 1 N–H and O–H groups in total. The average molecular weight is 314 g/mol. The van der Waals surface area contributed by atoms with Crippen molar-refractivity contribution in [2.45, 2.75) is 27.3 Å². The minimum absolute atomic E-state index is 0.339. The fraction of sp³-hybridized carbons (Fsp3) is 0.333. The Kier molecular flexibility index (Phi) is 3.51. The van der Waals surface area contributed by atoms with E-state index >= 15 is 0 Å². The van der Waals surface area contributed by atoms with Gasteiger partial charge in [-0.25, -0.2) is 9.48 Å². The molecule has 0 saturated carbocycles. The molecule has 8 heteroatoms. The standard InChI is InChI=1S/C15H18N6O2/c1-5-6-7-20-11-12(19(4)15(23)17-13(11)22)16-14(20)21-10(3)8-9(2)18-21/h5-6,8H,7H2,1-4H3,(H,17,22,23)/b6-5+. The van der Waals surface area contributed by atoms with Gasteiger partial charge >= 0.3 is 5.69 Å². The number of rotatable bonds is 3. The SMILES string of the molecule is C/C=C/Cn1c(-n2nc(C)cc2C)nc2c1c(=O)[nH]c(=O)n2C. The predicted molar refractivity (Wildman–Crippen MR) is 87.0 cm³/mol. The highest BCUT2D eigenvalue weighted by atomic mass is 16.2. The lowest BCUT2D eigenvalue weighted by atomic mass is 10.4. The molecule has 3 rings (SSSR count). The third-order valence-corrected chi connectivity index (χ3v) is 3.71. The van der Waals surface area contributed by atoms with E-state index in [0.717, 1.165) is 11.4 Å². The summed E-state index contributed by atoms with van der Waals surface area (Å²) in [6.07, 6.45) is 3.81. The summed E-state index contributed by atoms with van der Waals surface area (Å²) in [4.78, 5) is 30.9. The number of hydrogen-bond donors (Lipinski definition) is 1. The number of aromatic amines is 1. The number of aryl methyl sites for hydroxylation is 3. The van der Waals surface area contributed by atoms with E-state index in [1.54, 1.807) is 16.3 Å². The molecule has 0 aliphatic carbocycles. The van der Waals surface area contributed by atoms with Gasteiger partial charge in [-0.05, 0) is 26.8 Å². The molecule has 3 heterocycles. The maximum absolute atomic E-state index is 12.3. The molecule has 0 saturated heterocycles. The highest BCUT2D eigenvalue weighted by Gasteiger charge is 2.19. The van der Waals surface area contributed by atoms with Crippen LogP contribution in [0.1, 0.15) is 18.3 Å². The Morgan fingerprint density at radius 3 is 2.65 bits per heavy atom. The van der Waals surface area contributed by atoms with Crippen molar-refractivity contribution in [1.82, 2.24) is 28.9 Å². The molecule has 0 aliphatic heterocycles. The summed E-state index contributed by atoms with van der Waals surface area (Å²) in [5, 5.41) is 4.44. The number of allylic oxidation sites excluding steroid dienone is 2. The minimum atomic E-state index is -0.488. The quantitative estimate of drug-likeness (QED) is 0.724. The first kappa shape index (κ1) is 15.0. The second-order valence-electron chi connectivity index (χ2n) is 5.42. The minimum Gasteiger partial charge on any atom is -0.299 e. The Morgan fingerprint density at radius 1 is 1.30 bits per heavy atom. The van der Waals surface area contributed by atoms with E-state index < -0.39 is 11.2 Å². The van der Waals surface area contributed by atoms with Gasteiger partial charge in [0.15, 0.2) is 11.2 Å². The van der Waals surface area contributed by atoms with Crippen LogP contribution in [0.15, 0.2) is 27.8 Å². The summed E-state index contributed by atoms with van der Waals surface area (Å²) in [5.41, 5.74) is 1.51. The molecule has 0 bridgehead atoms. The van der Waals surface area contributed by atoms with Gasteiger partial charge in [0.1, 0.15) is 0 Å². The molecule has 3 aromatic heterocycles. The number of aromatic nitrogens is 6. The molecule has 0 fully saturated rings. The number of H-pyrrole nitrogens is 1. The molecule has 0 aliphatic rings. The average Bonchev–Trinajstić information content (AvgIpc) is 3.02. The zero-order valence-electron chi connectivity index (χ0n) is 13.5. The first-order chi connectivity index (χ1) is 10.9. The van der Waals surface area contributed by atoms with E-state index in [1.807, 2.05) is 39.0 Å². The largest absolute Gasteiger partial charge is 0.329 e. The third kappa shape index (κ3) is 2.32. The van der Waals surface area contributed by atoms with Crippen molar-refractivity contribution in [2.75, 3.05) is 0 Å². The van der Waals surface area contributed by atoms with E-state index in [4.69, 9.17) is 0 Å². The molecule has 0 atom stereocenters. The van der Waals surface area contributed by atoms with Crippen LogP contribution in [0.4, 0.5) is 0 Å². The molecule has 3 aromatic rings. The van der Waals surface area contributed by atoms with E-state index in [-0.39, 0.29) is 0 Å². The highest BCUT2D eigenvalue weighted by Crippen LogP contribution is 2.17. The Balaban J connectivity index is 2.44. The Labute approximate surface area is 131 Å². The van der Waals surface area contributed by atoms with Crippen LogP contribution in [0.3, 0.4) is 0 Å². The second kappa shape index (κ2) is 5.38. The summed E-state index contributed by atoms with van der Waals surface area (Å²) in [5.74, 6) is 0.510. The summed E-state index contributed by atoms with van der Waals surface area (Å²) in [6.45, 7) is 6.18. The molecule has 0 unspecified atom stereocenters. The number of imidazole rings is 1. The topological polar surface area (TPSA) is 90.5 Å². The van der Waals surface area contributed by atoms with Crippen LogP contribution >= 0.6 is 0 Å². The molecule has 0 amide bonds. The van der Waals surface area contributed by atoms with E-state index in [9.17, 15) is 9.59 Å². The van der Waals surface area contributed by atoms with Gasteiger partial charge in [0, 0.05) is 19.3 Å². The van der Waals surface area contributed by atoms with E-state index in [2.05, 4.69) is 15.1 Å². The summed E-state index contributed by atoms with van der Waals surface area (Å²) in [6, 6.07) is 1.93. The van der Waals surface area contributed by atoms with Gasteiger partial charge in [0.25, 0.3) is 5.56 Å². The van der Waals surface area contributed by atoms with Gasteiger partial charge in [-0.2, -0.15) is 10.1 Å². The zero-order valence-corrected chi connectivity index (χ0v) is 13.5. The molecular formula is C15H18N6O2. The van der Waals surface area contributed by atoms with Crippen LogP contribution < -0.4 is 11.2 Å². The van der Waals surface area contributed by atoms with Crippen LogP contribution in [0, 0.1) is 13.8 Å². The maximum Gasteiger partial charge on any atom is 0.329 e. The normalized spacial score (nSPS) is 11.8. The summed E-state index contributed by atoms with van der Waals surface area (Å²) < 4.78 is 4.77. The van der Waals surface area contributed by atoms with Crippen LogP contribution in [0.25, 0.3) is 17.1 Å². The molecular weight excluding hydrogens is 296 g/mol. The van der Waals surface area contributed by atoms with Crippen molar-refractivity contribution in [3.05, 3.63) is 50.4 Å². The molecule has 8 nitrogen and oxygen atoms in total. The molecule has 23 heavy (non-hydrogen) atoms. The molecule has 0 radical (unpaired) electrons. The summed E-state index contributed by atoms with van der Waals surface area (Å²) >= 11 is 0. The highest BCUT2D eigenvalue weighted by molar-refractivity contribution is 5.72. The van der Waals surface area contributed by atoms with Crippen molar-refractivity contribution in [1.29, 1.82) is 0 Å². The van der Waals surface area contributed by atoms with Crippen molar-refractivity contribution in [3.8, 4) is 5.95 Å². The first-order valence-corrected chi connectivity index (χ1v) is 7.28. The van der Waals surface area contributed by atoms with Crippen LogP contribution in [0.5, 0.6) is 0 Å². The number of fused-ring (bicyclic) bond motifs is 1. The molecule has 0 aromatic carbocycles. The predicted octanol–water partition coefficient (Wildman–Crippen LogP) is 0.802. The fourth-order valence-electron chi connectivity index (χ4n) is 2.60. The van der Waals surface area contributed by atoms with Crippen molar-refractivity contribution < 1.29 is 0 Å². The van der Waals surface area contributed by atoms with Crippen molar-refractivity contribution in [2.24, 2.45) is 7.05 Å². The lowest BCUT2D eigenvalue weighted by Gasteiger charge is -2.07. The van der Waals surface area contributed by atoms with Crippen LogP contribution in [-0.4, -0.2) is 28.9 Å². The van der Waals surface area contributed by atoms with Gasteiger partial charge in [-0.15, -0.1) is 0 Å². The number of nitrogens with zero attached hydrogens (tertiary/aromatic N) is 5. The zero-order chi connectivity index (χ0) is 16.7. The van der Waals surface area contributed by atoms with Crippen LogP contribution in [-0.2, 0) is 13.6 Å². The van der Waals surface area contributed by atoms with Gasteiger partial charge in [-0.1, -0.05) is 12.2 Å². The summed E-state index contributed by atoms with van der Waals surface area (Å²) in [7, 11) is 1.58. The van der Waals surface area contributed by atoms with E-state index in [0.29, 0.717) is 23.7 Å². The number of hydrogen-bond acceptors (Lipinski definition) is 4. The van der Waals surface area contributed by atoms with Gasteiger partial charge in [0.05, 0.1) is 5.69 Å². The smallest absolute Gasteiger partial charge is 0.299 e. The Hall–Kier alpha value is -2.90. The van der Waals surface area contributed by atoms with Crippen molar-refractivity contribution >= 4 is 11.2 Å². The Bertz CT molecular complexity index is 1030. The maximum atomic E-state index is 12.3. The van der Waals surface area contributed by atoms with Crippen LogP contribution in [0.2, 0.25) is 0 Å². The van der Waals surface area contributed by atoms with Gasteiger partial charge in [0.2, 0.25) is 5.95 Å². The molecule has 0 spiro atoms. The lowest BCUT2D eigenvalue weighted by molar-refractivity contribution is 0.708. The van der Waals surface area contributed by atoms with Gasteiger partial charge in [-0.3, -0.25) is 18.9 Å². The van der Waals surface area contributed by atoms with Gasteiger partial charge < -0.3 is 0 Å². The number of nitrogens with one attached hydrogen (secondary N) is 1. The third-order valence-electron chi connectivity index (χ3n) is 3.71. The Morgan fingerprint density at radius 2 is 2.04 bits per heavy atom. The lowest BCUT2D eigenvalue weighted by Crippen LogP contribution is -2.29. The van der Waals surface area contributed by atoms with E-state index in [1.165, 1.54) is 4.57 Å². The first-order valence-electron chi connectivity index (χ1n) is 7.28. The fourth-order valence-corrected chi connectivity index (χ4v) is 2.60. The monoisotopic (exact) mass is 314 g/mol. The molecule has 120 valence electrons. The second-order valence-corrected chi connectivity index (χ2v) is 5.42. The van der Waals surface area contributed by atoms with Crippen molar-refractivity contribution in [3.63, 3.8) is 0 Å².